The number of halogens is 5. The fourth-order valence-electron chi connectivity index (χ4n) is 1.91. The Morgan fingerprint density at radius 3 is 1.93 bits per heavy atom. The fraction of sp³-hybridized carbons (Fsp3) is 0.333. The van der Waals surface area contributed by atoms with Gasteiger partial charge < -0.3 is 12.9 Å². The molecule has 1 aromatic rings. The SMILES string of the molecule is F[B-](F)(F)C1[C@@H](c2ccccc2)C1(F)F. The molecular weight excluding hydrogens is 214 g/mol. The normalized spacial score (nSPS) is 28.9. The molecule has 0 bridgehead atoms. The molecule has 0 saturated heterocycles. The van der Waals surface area contributed by atoms with Crippen molar-refractivity contribution in [1.82, 2.24) is 0 Å². The summed E-state index contributed by atoms with van der Waals surface area (Å²) in [6.07, 6.45) is 0. The molecule has 2 rings (SSSR count). The van der Waals surface area contributed by atoms with Gasteiger partial charge in [0.2, 0.25) is 5.92 Å². The summed E-state index contributed by atoms with van der Waals surface area (Å²) in [6.45, 7) is -5.47. The minimum atomic E-state index is -5.47. The van der Waals surface area contributed by atoms with Gasteiger partial charge in [0.05, 0.1) is 0 Å². The number of rotatable bonds is 2. The van der Waals surface area contributed by atoms with Gasteiger partial charge in [-0.2, -0.15) is 0 Å². The van der Waals surface area contributed by atoms with E-state index in [4.69, 9.17) is 0 Å². The first-order chi connectivity index (χ1) is 6.85. The van der Waals surface area contributed by atoms with Crippen molar-refractivity contribution in [3.05, 3.63) is 35.9 Å². The third-order valence-corrected chi connectivity index (χ3v) is 2.67. The molecule has 6 heteroatoms. The van der Waals surface area contributed by atoms with Crippen LogP contribution in [0.15, 0.2) is 30.3 Å². The smallest absolute Gasteiger partial charge is 0.449 e. The topological polar surface area (TPSA) is 0 Å². The molecule has 2 atom stereocenters. The van der Waals surface area contributed by atoms with Crippen molar-refractivity contribution >= 4 is 6.98 Å². The van der Waals surface area contributed by atoms with E-state index in [1.54, 1.807) is 6.07 Å². The Morgan fingerprint density at radius 1 is 1.00 bits per heavy atom. The lowest BCUT2D eigenvalue weighted by Crippen LogP contribution is -2.18. The average molecular weight is 221 g/mol. The third kappa shape index (κ3) is 1.62. The van der Waals surface area contributed by atoms with E-state index in [2.05, 4.69) is 0 Å². The highest BCUT2D eigenvalue weighted by Crippen LogP contribution is 2.70. The second kappa shape index (κ2) is 2.96. The Labute approximate surface area is 83.2 Å². The number of hydrogen-bond donors (Lipinski definition) is 0. The van der Waals surface area contributed by atoms with Crippen LogP contribution in [0, 0.1) is 0 Å². The van der Waals surface area contributed by atoms with Gasteiger partial charge in [-0.15, -0.1) is 0 Å². The highest BCUT2D eigenvalue weighted by molar-refractivity contribution is 6.62. The Hall–Kier alpha value is -1.07. The fourth-order valence-corrected chi connectivity index (χ4v) is 1.91. The molecule has 0 N–H and O–H groups in total. The van der Waals surface area contributed by atoms with Crippen molar-refractivity contribution in [3.63, 3.8) is 0 Å². The molecule has 15 heavy (non-hydrogen) atoms. The molecule has 1 aliphatic rings. The summed E-state index contributed by atoms with van der Waals surface area (Å²) in [5, 5.41) is 0. The van der Waals surface area contributed by atoms with E-state index < -0.39 is 24.6 Å². The van der Waals surface area contributed by atoms with Gasteiger partial charge in [0.25, 0.3) is 0 Å². The molecule has 0 nitrogen and oxygen atoms in total. The van der Waals surface area contributed by atoms with E-state index in [9.17, 15) is 21.7 Å². The summed E-state index contributed by atoms with van der Waals surface area (Å²) in [5.74, 6) is -7.77. The van der Waals surface area contributed by atoms with Crippen molar-refractivity contribution in [1.29, 1.82) is 0 Å². The summed E-state index contributed by atoms with van der Waals surface area (Å²) in [4.78, 5) is 0. The first kappa shape index (κ1) is 10.5. The summed E-state index contributed by atoms with van der Waals surface area (Å²) < 4.78 is 62.6. The molecule has 82 valence electrons. The Bertz CT molecular complexity index is 359. The van der Waals surface area contributed by atoms with Gasteiger partial charge in [0.15, 0.2) is 0 Å². The molecule has 0 aliphatic heterocycles. The van der Waals surface area contributed by atoms with Crippen LogP contribution in [-0.4, -0.2) is 12.9 Å². The van der Waals surface area contributed by atoms with Crippen LogP contribution in [0.25, 0.3) is 0 Å². The quantitative estimate of drug-likeness (QED) is 0.528. The third-order valence-electron chi connectivity index (χ3n) is 2.67. The van der Waals surface area contributed by atoms with Gasteiger partial charge in [-0.25, -0.2) is 8.78 Å². The summed E-state index contributed by atoms with van der Waals surface area (Å²) in [7, 11) is 0. The highest BCUT2D eigenvalue weighted by Gasteiger charge is 2.74. The lowest BCUT2D eigenvalue weighted by Gasteiger charge is -2.11. The lowest BCUT2D eigenvalue weighted by molar-refractivity contribution is 0.107. The Kier molecular flexibility index (Phi) is 2.07. The molecule has 1 fully saturated rings. The van der Waals surface area contributed by atoms with Crippen molar-refractivity contribution in [2.45, 2.75) is 17.7 Å². The highest BCUT2D eigenvalue weighted by atomic mass is 19.4. The zero-order valence-electron chi connectivity index (χ0n) is 7.51. The van der Waals surface area contributed by atoms with Gasteiger partial charge >= 0.3 is 6.98 Å². The Morgan fingerprint density at radius 2 is 1.53 bits per heavy atom. The van der Waals surface area contributed by atoms with Crippen molar-refractivity contribution < 1.29 is 21.7 Å². The molecular formula is C9H7BF5-. The molecule has 0 radical (unpaired) electrons. The number of benzene rings is 1. The minimum absolute atomic E-state index is 0.0618. The largest absolute Gasteiger partial charge is 0.488 e. The second-order valence-corrected chi connectivity index (χ2v) is 3.71. The first-order valence-electron chi connectivity index (χ1n) is 4.48. The van der Waals surface area contributed by atoms with Crippen LogP contribution in [0.3, 0.4) is 0 Å². The molecule has 0 amide bonds. The van der Waals surface area contributed by atoms with Crippen LogP contribution >= 0.6 is 0 Å². The molecule has 1 aromatic carbocycles. The lowest BCUT2D eigenvalue weighted by atomic mass is 9.80. The first-order valence-corrected chi connectivity index (χ1v) is 4.48. The predicted octanol–water partition coefficient (Wildman–Crippen LogP) is 3.64. The van der Waals surface area contributed by atoms with Crippen molar-refractivity contribution in [3.8, 4) is 0 Å². The van der Waals surface area contributed by atoms with E-state index >= 15 is 0 Å². The molecule has 0 spiro atoms. The maximum Gasteiger partial charge on any atom is 0.488 e. The maximum absolute atomic E-state index is 12.9. The van der Waals surface area contributed by atoms with Crippen LogP contribution in [0.2, 0.25) is 5.82 Å². The summed E-state index contributed by atoms with van der Waals surface area (Å²) >= 11 is 0. The van der Waals surface area contributed by atoms with Crippen molar-refractivity contribution in [2.75, 3.05) is 0 Å². The zero-order chi connectivity index (χ0) is 11.3. The maximum atomic E-state index is 12.9. The van der Waals surface area contributed by atoms with Gasteiger partial charge in [0, 0.05) is 11.7 Å². The van der Waals surface area contributed by atoms with E-state index in [0.717, 1.165) is 0 Å². The van der Waals surface area contributed by atoms with E-state index in [1.165, 1.54) is 24.3 Å². The molecule has 1 saturated carbocycles. The van der Waals surface area contributed by atoms with E-state index in [0.29, 0.717) is 0 Å². The van der Waals surface area contributed by atoms with Gasteiger partial charge in [-0.3, -0.25) is 0 Å². The Balaban J connectivity index is 2.28. The van der Waals surface area contributed by atoms with Crippen LogP contribution in [-0.2, 0) is 0 Å². The summed E-state index contributed by atoms with van der Waals surface area (Å²) in [5.41, 5.74) is 0.0618. The van der Waals surface area contributed by atoms with E-state index in [1.807, 2.05) is 0 Å². The average Bonchev–Trinajstić information content (AvgIpc) is 2.70. The van der Waals surface area contributed by atoms with Crippen LogP contribution in [0.4, 0.5) is 21.7 Å². The van der Waals surface area contributed by atoms with Gasteiger partial charge in [-0.1, -0.05) is 30.3 Å². The monoisotopic (exact) mass is 221 g/mol. The second-order valence-electron chi connectivity index (χ2n) is 3.71. The molecule has 0 aromatic heterocycles. The molecule has 1 unspecified atom stereocenters. The predicted molar refractivity (Wildman–Crippen MR) is 47.0 cm³/mol. The van der Waals surface area contributed by atoms with Gasteiger partial charge in [0.1, 0.15) is 0 Å². The number of hydrogen-bond acceptors (Lipinski definition) is 0. The van der Waals surface area contributed by atoms with Crippen LogP contribution in [0.1, 0.15) is 11.5 Å². The van der Waals surface area contributed by atoms with Crippen LogP contribution < -0.4 is 0 Å². The number of alkyl halides is 2. The van der Waals surface area contributed by atoms with Crippen LogP contribution in [0.5, 0.6) is 0 Å². The molecule has 0 heterocycles. The summed E-state index contributed by atoms with van der Waals surface area (Å²) in [6, 6.07) is 7.12. The van der Waals surface area contributed by atoms with E-state index in [-0.39, 0.29) is 5.56 Å². The van der Waals surface area contributed by atoms with Crippen molar-refractivity contribution in [2.24, 2.45) is 0 Å². The standard InChI is InChI=1S/C9H7BF5/c11-9(12)7(8(9)10(13,14)15)6-4-2-1-3-5-6/h1-5,7-8H/q-1/t7-,8?/m1/s1. The molecule has 1 aliphatic carbocycles. The zero-order valence-corrected chi connectivity index (χ0v) is 7.51. The van der Waals surface area contributed by atoms with Gasteiger partial charge in [-0.05, 0) is 5.56 Å². The minimum Gasteiger partial charge on any atom is -0.449 e.